The summed E-state index contributed by atoms with van der Waals surface area (Å²) in [5, 5.41) is 14.9. The summed E-state index contributed by atoms with van der Waals surface area (Å²) >= 11 is 0. The third kappa shape index (κ3) is 8.00. The van der Waals surface area contributed by atoms with Crippen molar-refractivity contribution < 1.29 is 8.78 Å². The van der Waals surface area contributed by atoms with E-state index in [1.54, 1.807) is 0 Å². The van der Waals surface area contributed by atoms with E-state index in [0.717, 1.165) is 83.1 Å². The van der Waals surface area contributed by atoms with Gasteiger partial charge in [0, 0.05) is 66.6 Å². The van der Waals surface area contributed by atoms with Gasteiger partial charge in [0.2, 0.25) is 0 Å². The van der Waals surface area contributed by atoms with E-state index in [0.29, 0.717) is 51.9 Å². The zero-order valence-corrected chi connectivity index (χ0v) is 41.3. The molecule has 0 bridgehead atoms. The van der Waals surface area contributed by atoms with Gasteiger partial charge in [0.1, 0.15) is 11.6 Å². The van der Waals surface area contributed by atoms with Crippen LogP contribution in [0.15, 0.2) is 237 Å². The molecule has 9 nitrogen and oxygen atoms in total. The van der Waals surface area contributed by atoms with Crippen molar-refractivity contribution in [3.8, 4) is 96.9 Å². The molecule has 4 heterocycles. The molecule has 10 aromatic carbocycles. The van der Waals surface area contributed by atoms with Crippen molar-refractivity contribution in [3.63, 3.8) is 0 Å². The van der Waals surface area contributed by atoms with Gasteiger partial charge < -0.3 is 9.13 Å². The Balaban J connectivity index is 1.06. The maximum absolute atomic E-state index is 15.3. The van der Waals surface area contributed by atoms with Gasteiger partial charge in [0.05, 0.1) is 45.1 Å². The summed E-state index contributed by atoms with van der Waals surface area (Å²) in [6.07, 6.45) is 0. The normalized spacial score (nSPS) is 11.4. The predicted molar refractivity (Wildman–Crippen MR) is 305 cm³/mol. The van der Waals surface area contributed by atoms with E-state index in [1.807, 2.05) is 170 Å². The van der Waals surface area contributed by atoms with Gasteiger partial charge in [0.15, 0.2) is 34.9 Å². The van der Waals surface area contributed by atoms with E-state index in [4.69, 9.17) is 29.9 Å². The molecule has 0 aliphatic carbocycles. The van der Waals surface area contributed by atoms with Crippen molar-refractivity contribution in [2.75, 3.05) is 0 Å². The fourth-order valence-electron chi connectivity index (χ4n) is 10.6. The molecular formula is C67H39F2N9. The zero-order valence-electron chi connectivity index (χ0n) is 41.3. The van der Waals surface area contributed by atoms with Crippen LogP contribution < -0.4 is 0 Å². The summed E-state index contributed by atoms with van der Waals surface area (Å²) < 4.78 is 35.0. The van der Waals surface area contributed by atoms with E-state index in [2.05, 4.69) is 63.7 Å². The maximum atomic E-state index is 15.3. The number of para-hydroxylation sites is 2. The van der Waals surface area contributed by atoms with Crippen molar-refractivity contribution in [2.45, 2.75) is 0 Å². The van der Waals surface area contributed by atoms with Crippen molar-refractivity contribution in [1.29, 1.82) is 5.26 Å². The van der Waals surface area contributed by atoms with Gasteiger partial charge in [-0.15, -0.1) is 0 Å². The molecule has 0 spiro atoms. The molecule has 0 amide bonds. The van der Waals surface area contributed by atoms with Crippen LogP contribution >= 0.6 is 0 Å². The highest BCUT2D eigenvalue weighted by Gasteiger charge is 2.25. The SMILES string of the molecule is N#Cc1cc(-n2c3ccccc3c3ccc(-c4nc(-c5ccccc5)nc(-c5ccccc5)n4)cc32)c(-n2c3ccccc3c3ccc(-c4nc(-c5ccccc5)nc(-c5ccccc5)n4)cc32)cc1-c1cc(F)cc(F)c1. The molecular weight excluding hydrogens is 969 g/mol. The Morgan fingerprint density at radius 3 is 1.01 bits per heavy atom. The van der Waals surface area contributed by atoms with Crippen molar-refractivity contribution in [1.82, 2.24) is 39.0 Å². The summed E-state index contributed by atoms with van der Waals surface area (Å²) in [6.45, 7) is 0. The Hall–Kier alpha value is -10.8. The lowest BCUT2D eigenvalue weighted by molar-refractivity contribution is 0.584. The Morgan fingerprint density at radius 1 is 0.295 bits per heavy atom. The lowest BCUT2D eigenvalue weighted by Crippen LogP contribution is -2.06. The van der Waals surface area contributed by atoms with Crippen LogP contribution in [0, 0.1) is 23.0 Å². The van der Waals surface area contributed by atoms with Crippen LogP contribution in [0.2, 0.25) is 0 Å². The van der Waals surface area contributed by atoms with Crippen LogP contribution in [0.25, 0.3) is 134 Å². The third-order valence-electron chi connectivity index (χ3n) is 14.2. The summed E-state index contributed by atoms with van der Waals surface area (Å²) in [6, 6.07) is 77.5. The van der Waals surface area contributed by atoms with Crippen LogP contribution in [0.1, 0.15) is 5.56 Å². The fraction of sp³-hybridized carbons (Fsp3) is 0. The highest BCUT2D eigenvalue weighted by atomic mass is 19.1. The maximum Gasteiger partial charge on any atom is 0.164 e. The highest BCUT2D eigenvalue weighted by molar-refractivity contribution is 6.13. The summed E-state index contributed by atoms with van der Waals surface area (Å²) in [7, 11) is 0. The number of hydrogen-bond acceptors (Lipinski definition) is 7. The second-order valence-corrected chi connectivity index (χ2v) is 18.9. The fourth-order valence-corrected chi connectivity index (χ4v) is 10.6. The number of benzene rings is 10. The van der Waals surface area contributed by atoms with Crippen molar-refractivity contribution >= 4 is 43.6 Å². The molecule has 0 unspecified atom stereocenters. The monoisotopic (exact) mass is 1010 g/mol. The lowest BCUT2D eigenvalue weighted by Gasteiger charge is -2.20. The average Bonchev–Trinajstić information content (AvgIpc) is 4.20. The minimum absolute atomic E-state index is 0.215. The lowest BCUT2D eigenvalue weighted by atomic mass is 9.97. The molecule has 0 radical (unpaired) electrons. The molecule has 14 rings (SSSR count). The van der Waals surface area contributed by atoms with E-state index in [-0.39, 0.29) is 11.1 Å². The zero-order chi connectivity index (χ0) is 52.3. The van der Waals surface area contributed by atoms with Crippen LogP contribution in [0.3, 0.4) is 0 Å². The molecule has 14 aromatic rings. The van der Waals surface area contributed by atoms with E-state index in [9.17, 15) is 5.26 Å². The first-order valence-electron chi connectivity index (χ1n) is 25.3. The van der Waals surface area contributed by atoms with E-state index >= 15 is 8.78 Å². The minimum atomic E-state index is -0.762. The number of halogens is 2. The van der Waals surface area contributed by atoms with Gasteiger partial charge in [-0.3, -0.25) is 0 Å². The predicted octanol–water partition coefficient (Wildman–Crippen LogP) is 16.1. The topological polar surface area (TPSA) is 111 Å². The Labute approximate surface area is 445 Å². The molecule has 366 valence electrons. The van der Waals surface area contributed by atoms with E-state index in [1.165, 1.54) is 12.1 Å². The van der Waals surface area contributed by atoms with E-state index < -0.39 is 11.6 Å². The highest BCUT2D eigenvalue weighted by Crippen LogP contribution is 2.43. The molecule has 11 heteroatoms. The first-order chi connectivity index (χ1) is 38.4. The van der Waals surface area contributed by atoms with Gasteiger partial charge >= 0.3 is 0 Å². The van der Waals surface area contributed by atoms with Gasteiger partial charge in [-0.25, -0.2) is 38.7 Å². The molecule has 4 aromatic heterocycles. The number of aromatic nitrogens is 8. The van der Waals surface area contributed by atoms with Gasteiger partial charge in [-0.1, -0.05) is 182 Å². The van der Waals surface area contributed by atoms with Gasteiger partial charge in [0.25, 0.3) is 0 Å². The quantitative estimate of drug-likeness (QED) is 0.142. The van der Waals surface area contributed by atoms with Gasteiger partial charge in [-0.2, -0.15) is 5.26 Å². The number of hydrogen-bond donors (Lipinski definition) is 0. The molecule has 78 heavy (non-hydrogen) atoms. The minimum Gasteiger partial charge on any atom is -0.307 e. The standard InChI is InChI=1S/C67H39F2N9/c68-49-33-47(34-50(69)38-49)55-39-61(78-57-28-16-14-26-52(57)54-32-30-46(36-59(54)78)67-75-64(43-21-9-3-10-22-43)72-65(76-67)44-23-11-4-12-24-44)60(37-48(55)40-70)77-56-27-15-13-25-51(56)53-31-29-45(35-58(53)77)66-73-62(41-17-5-1-6-18-41)71-63(74-66)42-19-7-2-8-20-42/h1-39H. The molecule has 0 aliphatic heterocycles. The van der Waals surface area contributed by atoms with Gasteiger partial charge in [-0.05, 0) is 54.1 Å². The Bertz CT molecular complexity index is 4570. The molecule has 0 N–H and O–H groups in total. The van der Waals surface area contributed by atoms with Crippen molar-refractivity contribution in [3.05, 3.63) is 254 Å². The Morgan fingerprint density at radius 2 is 0.628 bits per heavy atom. The molecule has 0 fully saturated rings. The summed E-state index contributed by atoms with van der Waals surface area (Å²) in [4.78, 5) is 30.3. The molecule has 0 saturated heterocycles. The van der Waals surface area contributed by atoms with Crippen molar-refractivity contribution in [2.24, 2.45) is 0 Å². The summed E-state index contributed by atoms with van der Waals surface area (Å²) in [5.41, 5.74) is 10.2. The van der Waals surface area contributed by atoms with Crippen LogP contribution in [-0.2, 0) is 0 Å². The molecule has 0 saturated carbocycles. The first kappa shape index (κ1) is 45.8. The van der Waals surface area contributed by atoms with Crippen LogP contribution in [0.5, 0.6) is 0 Å². The summed E-state index contributed by atoms with van der Waals surface area (Å²) in [5.74, 6) is 1.53. The largest absolute Gasteiger partial charge is 0.307 e. The number of rotatable bonds is 9. The number of nitriles is 1. The Kier molecular flexibility index (Phi) is 11.0. The van der Waals surface area contributed by atoms with Crippen LogP contribution in [-0.4, -0.2) is 39.0 Å². The smallest absolute Gasteiger partial charge is 0.164 e. The van der Waals surface area contributed by atoms with Crippen LogP contribution in [0.4, 0.5) is 8.78 Å². The molecule has 0 aliphatic rings. The number of nitrogens with zero attached hydrogens (tertiary/aromatic N) is 9. The number of fused-ring (bicyclic) bond motifs is 6. The average molecular weight is 1010 g/mol. The molecule has 0 atom stereocenters. The second kappa shape index (κ2) is 18.8. The second-order valence-electron chi connectivity index (χ2n) is 18.9. The first-order valence-corrected chi connectivity index (χ1v) is 25.3. The third-order valence-corrected chi connectivity index (χ3v) is 14.2.